The third-order valence-electron chi connectivity index (χ3n) is 4.00. The Morgan fingerprint density at radius 3 is 2.42 bits per heavy atom. The van der Waals surface area contributed by atoms with Gasteiger partial charge in [0.05, 0.1) is 15.4 Å². The monoisotopic (exact) mass is 381 g/mol. The standard InChI is InChI=1S/C17H20FN3O4S/c1-13-16(18)11-15(12-17(13)21(22)23)26(24,25)20(10-8-19)9-7-14-5-3-2-4-6-14/h2-6,11-12H,7-10,19H2,1H3. The number of nitrogens with two attached hydrogens (primary N) is 1. The van der Waals surface area contributed by atoms with Crippen molar-refractivity contribution in [3.8, 4) is 0 Å². The molecule has 0 amide bonds. The molecule has 0 aliphatic heterocycles. The summed E-state index contributed by atoms with van der Waals surface area (Å²) in [6.45, 7) is 1.46. The molecule has 2 aromatic carbocycles. The van der Waals surface area contributed by atoms with Crippen molar-refractivity contribution in [3.05, 3.63) is 69.5 Å². The van der Waals surface area contributed by atoms with Crippen molar-refractivity contribution in [1.29, 1.82) is 0 Å². The van der Waals surface area contributed by atoms with Gasteiger partial charge in [-0.3, -0.25) is 10.1 Å². The summed E-state index contributed by atoms with van der Waals surface area (Å²) in [7, 11) is -4.12. The summed E-state index contributed by atoms with van der Waals surface area (Å²) in [6, 6.07) is 11.0. The van der Waals surface area contributed by atoms with E-state index in [1.54, 1.807) is 0 Å². The van der Waals surface area contributed by atoms with Crippen molar-refractivity contribution in [2.24, 2.45) is 5.73 Å². The molecular weight excluding hydrogens is 361 g/mol. The van der Waals surface area contributed by atoms with Crippen molar-refractivity contribution in [3.63, 3.8) is 0 Å². The van der Waals surface area contributed by atoms with Gasteiger partial charge in [-0.05, 0) is 25.0 Å². The Kier molecular flexibility index (Phi) is 6.41. The highest BCUT2D eigenvalue weighted by atomic mass is 32.2. The van der Waals surface area contributed by atoms with E-state index in [0.29, 0.717) is 6.42 Å². The van der Waals surface area contributed by atoms with Crippen LogP contribution in [0.25, 0.3) is 0 Å². The summed E-state index contributed by atoms with van der Waals surface area (Å²) < 4.78 is 40.9. The predicted octanol–water partition coefficient (Wildman–Crippen LogP) is 2.23. The molecule has 2 rings (SSSR count). The fourth-order valence-corrected chi connectivity index (χ4v) is 4.01. The zero-order chi connectivity index (χ0) is 19.3. The molecule has 0 aromatic heterocycles. The van der Waals surface area contributed by atoms with Gasteiger partial charge >= 0.3 is 0 Å². The second-order valence-corrected chi connectivity index (χ2v) is 7.67. The summed E-state index contributed by atoms with van der Waals surface area (Å²) in [4.78, 5) is 9.82. The van der Waals surface area contributed by atoms with Gasteiger partial charge in [0, 0.05) is 25.7 Å². The molecule has 140 valence electrons. The Labute approximate surface area is 151 Å². The number of sulfonamides is 1. The van der Waals surface area contributed by atoms with Crippen LogP contribution >= 0.6 is 0 Å². The van der Waals surface area contributed by atoms with Gasteiger partial charge in [0.25, 0.3) is 5.69 Å². The molecule has 0 spiro atoms. The molecule has 0 aliphatic carbocycles. The van der Waals surface area contributed by atoms with Gasteiger partial charge in [-0.15, -0.1) is 0 Å². The van der Waals surface area contributed by atoms with Gasteiger partial charge in [0.1, 0.15) is 5.82 Å². The van der Waals surface area contributed by atoms with Crippen LogP contribution in [0.4, 0.5) is 10.1 Å². The number of nitro benzene ring substituents is 1. The number of hydrogen-bond acceptors (Lipinski definition) is 5. The first kappa shape index (κ1) is 20.0. The second kappa shape index (κ2) is 8.35. The molecule has 2 aromatic rings. The molecule has 0 bridgehead atoms. The van der Waals surface area contributed by atoms with Gasteiger partial charge in [-0.2, -0.15) is 4.31 Å². The molecule has 0 saturated carbocycles. The second-order valence-electron chi connectivity index (χ2n) is 5.73. The molecule has 0 radical (unpaired) electrons. The molecular formula is C17H20FN3O4S. The molecule has 7 nitrogen and oxygen atoms in total. The van der Waals surface area contributed by atoms with Gasteiger partial charge < -0.3 is 5.73 Å². The minimum absolute atomic E-state index is 0.0263. The van der Waals surface area contributed by atoms with Crippen molar-refractivity contribution < 1.29 is 17.7 Å². The Morgan fingerprint density at radius 2 is 1.85 bits per heavy atom. The summed E-state index contributed by atoms with van der Waals surface area (Å²) in [5.74, 6) is -0.937. The number of nitro groups is 1. The van der Waals surface area contributed by atoms with Gasteiger partial charge in [0.2, 0.25) is 10.0 Å². The van der Waals surface area contributed by atoms with E-state index in [1.807, 2.05) is 30.3 Å². The zero-order valence-electron chi connectivity index (χ0n) is 14.3. The predicted molar refractivity (Wildman–Crippen MR) is 95.8 cm³/mol. The van der Waals surface area contributed by atoms with E-state index in [9.17, 15) is 22.9 Å². The van der Waals surface area contributed by atoms with Crippen LogP contribution < -0.4 is 5.73 Å². The van der Waals surface area contributed by atoms with Crippen LogP contribution in [0.1, 0.15) is 11.1 Å². The highest BCUT2D eigenvalue weighted by Gasteiger charge is 2.28. The van der Waals surface area contributed by atoms with E-state index < -0.39 is 31.3 Å². The van der Waals surface area contributed by atoms with Crippen molar-refractivity contribution in [1.82, 2.24) is 4.31 Å². The molecule has 0 heterocycles. The Morgan fingerprint density at radius 1 is 1.19 bits per heavy atom. The maximum Gasteiger partial charge on any atom is 0.276 e. The van der Waals surface area contributed by atoms with Crippen molar-refractivity contribution in [2.75, 3.05) is 19.6 Å². The number of benzene rings is 2. The molecule has 0 fully saturated rings. The lowest BCUT2D eigenvalue weighted by molar-refractivity contribution is -0.385. The Hall–Kier alpha value is -2.36. The first-order valence-corrected chi connectivity index (χ1v) is 9.40. The molecule has 0 atom stereocenters. The number of hydrogen-bond donors (Lipinski definition) is 1. The summed E-state index contributed by atoms with van der Waals surface area (Å²) >= 11 is 0. The first-order chi connectivity index (χ1) is 12.3. The van der Waals surface area contributed by atoms with E-state index in [1.165, 1.54) is 6.92 Å². The number of nitrogens with zero attached hydrogens (tertiary/aromatic N) is 2. The fraction of sp³-hybridized carbons (Fsp3) is 0.294. The normalized spacial score (nSPS) is 11.7. The molecule has 9 heteroatoms. The Bertz CT molecular complexity index is 888. The van der Waals surface area contributed by atoms with Crippen LogP contribution in [0.5, 0.6) is 0 Å². The lowest BCUT2D eigenvalue weighted by Crippen LogP contribution is -2.37. The average molecular weight is 381 g/mol. The summed E-state index contributed by atoms with van der Waals surface area (Å²) in [6.07, 6.45) is 0.441. The largest absolute Gasteiger partial charge is 0.329 e. The van der Waals surface area contributed by atoms with Gasteiger partial charge in [0.15, 0.2) is 0 Å². The molecule has 26 heavy (non-hydrogen) atoms. The van der Waals surface area contributed by atoms with Gasteiger partial charge in [-0.25, -0.2) is 12.8 Å². The molecule has 2 N–H and O–H groups in total. The minimum atomic E-state index is -4.12. The average Bonchev–Trinajstić information content (AvgIpc) is 2.61. The smallest absolute Gasteiger partial charge is 0.276 e. The molecule has 0 unspecified atom stereocenters. The van der Waals surface area contributed by atoms with E-state index in [4.69, 9.17) is 5.73 Å². The SMILES string of the molecule is Cc1c(F)cc(S(=O)(=O)N(CCN)CCc2ccccc2)cc1[N+](=O)[O-]. The highest BCUT2D eigenvalue weighted by molar-refractivity contribution is 7.89. The lowest BCUT2D eigenvalue weighted by atomic mass is 10.1. The first-order valence-electron chi connectivity index (χ1n) is 7.96. The minimum Gasteiger partial charge on any atom is -0.329 e. The maximum absolute atomic E-state index is 14.0. The lowest BCUT2D eigenvalue weighted by Gasteiger charge is -2.22. The van der Waals surface area contributed by atoms with Crippen molar-refractivity contribution in [2.45, 2.75) is 18.2 Å². The quantitative estimate of drug-likeness (QED) is 0.557. The summed E-state index contributed by atoms with van der Waals surface area (Å²) in [5.41, 5.74) is 5.68. The van der Waals surface area contributed by atoms with Crippen LogP contribution in [-0.2, 0) is 16.4 Å². The van der Waals surface area contributed by atoms with E-state index in [0.717, 1.165) is 22.0 Å². The van der Waals surface area contributed by atoms with Crippen LogP contribution in [0, 0.1) is 22.9 Å². The molecule has 0 saturated heterocycles. The number of halogens is 1. The zero-order valence-corrected chi connectivity index (χ0v) is 15.1. The topological polar surface area (TPSA) is 107 Å². The molecule has 0 aliphatic rings. The van der Waals surface area contributed by atoms with Gasteiger partial charge in [-0.1, -0.05) is 30.3 Å². The third-order valence-corrected chi connectivity index (χ3v) is 5.87. The van der Waals surface area contributed by atoms with E-state index >= 15 is 0 Å². The van der Waals surface area contributed by atoms with E-state index in [2.05, 4.69) is 0 Å². The van der Waals surface area contributed by atoms with Crippen LogP contribution in [0.15, 0.2) is 47.4 Å². The highest BCUT2D eigenvalue weighted by Crippen LogP contribution is 2.27. The van der Waals surface area contributed by atoms with Crippen molar-refractivity contribution >= 4 is 15.7 Å². The van der Waals surface area contributed by atoms with Crippen LogP contribution in [0.3, 0.4) is 0 Å². The fourth-order valence-electron chi connectivity index (χ4n) is 2.52. The number of rotatable bonds is 8. The Balaban J connectivity index is 2.36. The van der Waals surface area contributed by atoms with E-state index in [-0.39, 0.29) is 25.2 Å². The van der Waals surface area contributed by atoms with Crippen LogP contribution in [-0.4, -0.2) is 37.3 Å². The third kappa shape index (κ3) is 4.43. The maximum atomic E-state index is 14.0. The summed E-state index contributed by atoms with van der Waals surface area (Å²) in [5, 5.41) is 11.1. The van der Waals surface area contributed by atoms with Crippen LogP contribution in [0.2, 0.25) is 0 Å².